The second-order valence-corrected chi connectivity index (χ2v) is 10.7. The van der Waals surface area contributed by atoms with Crippen molar-refractivity contribution < 1.29 is 19.5 Å². The molecule has 8 heteroatoms. The summed E-state index contributed by atoms with van der Waals surface area (Å²) < 4.78 is 0. The van der Waals surface area contributed by atoms with Crippen LogP contribution >= 0.6 is 0 Å². The van der Waals surface area contributed by atoms with E-state index in [1.807, 2.05) is 43.3 Å². The maximum absolute atomic E-state index is 14.5. The Morgan fingerprint density at radius 3 is 2.37 bits per heavy atom. The molecule has 1 heterocycles. The molecule has 38 heavy (non-hydrogen) atoms. The fourth-order valence-electron chi connectivity index (χ4n) is 5.44. The van der Waals surface area contributed by atoms with Crippen molar-refractivity contribution in [3.8, 4) is 6.07 Å². The summed E-state index contributed by atoms with van der Waals surface area (Å²) in [4.78, 5) is 44.3. The van der Waals surface area contributed by atoms with Gasteiger partial charge in [-0.3, -0.25) is 14.5 Å². The molecule has 0 bridgehead atoms. The number of nitrogens with zero attached hydrogens (tertiary/aromatic N) is 4. The second kappa shape index (κ2) is 9.82. The Kier molecular flexibility index (Phi) is 6.90. The molecular formula is C30H32N4O4. The number of aryl methyl sites for hydroxylation is 1. The van der Waals surface area contributed by atoms with Gasteiger partial charge < -0.3 is 14.9 Å². The highest BCUT2D eigenvalue weighted by Crippen LogP contribution is 2.40. The van der Waals surface area contributed by atoms with Crippen molar-refractivity contribution in [2.45, 2.75) is 65.7 Å². The van der Waals surface area contributed by atoms with Gasteiger partial charge in [0.25, 0.3) is 5.91 Å². The quantitative estimate of drug-likeness (QED) is 0.502. The number of anilines is 2. The molecule has 0 fully saturated rings. The molecule has 4 rings (SSSR count). The third kappa shape index (κ3) is 4.56. The highest BCUT2D eigenvalue weighted by Gasteiger charge is 2.48. The van der Waals surface area contributed by atoms with Crippen molar-refractivity contribution in [1.82, 2.24) is 4.90 Å². The van der Waals surface area contributed by atoms with Gasteiger partial charge in [0.05, 0.1) is 35.6 Å². The van der Waals surface area contributed by atoms with Crippen molar-refractivity contribution in [3.63, 3.8) is 0 Å². The van der Waals surface area contributed by atoms with E-state index in [2.05, 4.69) is 6.07 Å². The Hall–Kier alpha value is -4.38. The van der Waals surface area contributed by atoms with Crippen LogP contribution in [-0.2, 0) is 16.1 Å². The van der Waals surface area contributed by atoms with E-state index in [1.165, 1.54) is 11.8 Å². The first-order chi connectivity index (χ1) is 17.9. The number of hydrogen-bond acceptors (Lipinski definition) is 4. The first-order valence-electron chi connectivity index (χ1n) is 12.5. The number of hydrogen-bond donors (Lipinski definition) is 1. The Bertz CT molecular complexity index is 1480. The highest BCUT2D eigenvalue weighted by atomic mass is 16.4. The lowest BCUT2D eigenvalue weighted by Crippen LogP contribution is -2.63. The van der Waals surface area contributed by atoms with Crippen LogP contribution in [0.2, 0.25) is 0 Å². The van der Waals surface area contributed by atoms with Gasteiger partial charge in [-0.1, -0.05) is 36.4 Å². The zero-order valence-corrected chi connectivity index (χ0v) is 22.5. The topological polar surface area (TPSA) is 105 Å². The van der Waals surface area contributed by atoms with Gasteiger partial charge in [0.1, 0.15) is 6.04 Å². The molecule has 1 aliphatic heterocycles. The number of benzene rings is 3. The number of carbonyl (C=O) groups excluding carboxylic acids is 2. The lowest BCUT2D eigenvalue weighted by molar-refractivity contribution is -0.126. The van der Waals surface area contributed by atoms with E-state index >= 15 is 0 Å². The predicted octanol–water partition coefficient (Wildman–Crippen LogP) is 5.46. The normalized spacial score (nSPS) is 17.6. The fraction of sp³-hybridized carbons (Fsp3) is 0.333. The highest BCUT2D eigenvalue weighted by molar-refractivity contribution is 6.08. The molecule has 2 atom stereocenters. The van der Waals surface area contributed by atoms with Crippen LogP contribution in [0.25, 0.3) is 10.8 Å². The average molecular weight is 513 g/mol. The van der Waals surface area contributed by atoms with Gasteiger partial charge in [0, 0.05) is 12.5 Å². The summed E-state index contributed by atoms with van der Waals surface area (Å²) in [6, 6.07) is 16.9. The second-order valence-electron chi connectivity index (χ2n) is 10.7. The van der Waals surface area contributed by atoms with Gasteiger partial charge in [0.2, 0.25) is 5.91 Å². The van der Waals surface area contributed by atoms with E-state index in [0.29, 0.717) is 16.9 Å². The van der Waals surface area contributed by atoms with Gasteiger partial charge in [-0.2, -0.15) is 5.26 Å². The molecule has 8 nitrogen and oxygen atoms in total. The van der Waals surface area contributed by atoms with E-state index in [-0.39, 0.29) is 12.5 Å². The molecule has 3 aromatic carbocycles. The fourth-order valence-corrected chi connectivity index (χ4v) is 5.44. The van der Waals surface area contributed by atoms with E-state index in [1.54, 1.807) is 50.8 Å². The minimum absolute atomic E-state index is 0.164. The minimum atomic E-state index is -1.25. The molecule has 0 spiro atoms. The molecule has 3 amide bonds. The van der Waals surface area contributed by atoms with Crippen molar-refractivity contribution >= 4 is 40.1 Å². The number of fused-ring (bicyclic) bond motifs is 2. The first kappa shape index (κ1) is 26.7. The number of carbonyl (C=O) groups is 3. The minimum Gasteiger partial charge on any atom is -0.465 e. The summed E-state index contributed by atoms with van der Waals surface area (Å²) in [6.45, 7) is 10.4. The number of amides is 3. The largest absolute Gasteiger partial charge is 0.465 e. The maximum atomic E-state index is 14.5. The van der Waals surface area contributed by atoms with Crippen LogP contribution in [0, 0.1) is 18.3 Å². The van der Waals surface area contributed by atoms with Crippen LogP contribution in [0.5, 0.6) is 0 Å². The predicted molar refractivity (Wildman–Crippen MR) is 147 cm³/mol. The van der Waals surface area contributed by atoms with Gasteiger partial charge >= 0.3 is 6.09 Å². The summed E-state index contributed by atoms with van der Waals surface area (Å²) in [5.41, 5.74) is 2.16. The molecule has 1 aliphatic rings. The average Bonchev–Trinajstić information content (AvgIpc) is 2.93. The van der Waals surface area contributed by atoms with E-state index in [4.69, 9.17) is 0 Å². The first-order valence-corrected chi connectivity index (χ1v) is 12.5. The SMILES string of the molecule is CC(=O)N1c2cc(C#N)ccc2N(Cc2c(C)ccc3ccccc23)C(=O)[C@@H](N(C(=O)O)C(C)(C)C)[C@@H]1C. The van der Waals surface area contributed by atoms with Crippen LogP contribution in [0.4, 0.5) is 16.2 Å². The lowest BCUT2D eigenvalue weighted by atomic mass is 9.96. The number of rotatable bonds is 3. The number of nitriles is 1. The van der Waals surface area contributed by atoms with E-state index in [0.717, 1.165) is 26.8 Å². The van der Waals surface area contributed by atoms with Gasteiger partial charge in [0.15, 0.2) is 0 Å². The van der Waals surface area contributed by atoms with Crippen LogP contribution < -0.4 is 9.80 Å². The zero-order chi connectivity index (χ0) is 27.9. The third-order valence-corrected chi connectivity index (χ3v) is 7.18. The van der Waals surface area contributed by atoms with Crippen molar-refractivity contribution in [1.29, 1.82) is 5.26 Å². The summed E-state index contributed by atoms with van der Waals surface area (Å²) in [5.74, 6) is -0.786. The standard InChI is InChI=1S/C30H32N4O4/c1-18-11-13-22-9-7-8-10-23(22)24(18)17-32-25-14-12-21(16-31)15-26(25)33(20(3)35)19(2)27(28(32)36)34(29(37)38)30(4,5)6/h7-15,19,27H,17H2,1-6H3,(H,37,38)/t19-,27-/m0/s1. The lowest BCUT2D eigenvalue weighted by Gasteiger charge is -2.43. The molecular weight excluding hydrogens is 480 g/mol. The van der Waals surface area contributed by atoms with E-state index in [9.17, 15) is 24.8 Å². The molecule has 196 valence electrons. The monoisotopic (exact) mass is 512 g/mol. The molecule has 1 N–H and O–H groups in total. The molecule has 3 aromatic rings. The smallest absolute Gasteiger partial charge is 0.408 e. The van der Waals surface area contributed by atoms with Gasteiger partial charge in [-0.05, 0) is 74.7 Å². The van der Waals surface area contributed by atoms with Crippen molar-refractivity contribution in [2.75, 3.05) is 9.80 Å². The van der Waals surface area contributed by atoms with Crippen molar-refractivity contribution in [3.05, 3.63) is 71.3 Å². The van der Waals surface area contributed by atoms with Gasteiger partial charge in [-0.25, -0.2) is 4.79 Å². The summed E-state index contributed by atoms with van der Waals surface area (Å²) >= 11 is 0. The number of carboxylic acid groups (broad SMARTS) is 1. The zero-order valence-electron chi connectivity index (χ0n) is 22.5. The summed E-state index contributed by atoms with van der Waals surface area (Å²) in [6.07, 6.45) is -1.25. The molecule has 0 radical (unpaired) electrons. The Labute approximate surface area is 222 Å². The van der Waals surface area contributed by atoms with Crippen LogP contribution in [0.1, 0.15) is 51.3 Å². The maximum Gasteiger partial charge on any atom is 0.408 e. The Balaban J connectivity index is 2.02. The Morgan fingerprint density at radius 1 is 1.08 bits per heavy atom. The summed E-state index contributed by atoms with van der Waals surface area (Å²) in [7, 11) is 0. The molecule has 0 aromatic heterocycles. The van der Waals surface area contributed by atoms with E-state index < -0.39 is 29.6 Å². The Morgan fingerprint density at radius 2 is 1.76 bits per heavy atom. The van der Waals surface area contributed by atoms with Crippen LogP contribution in [-0.4, -0.2) is 45.5 Å². The molecule has 0 aliphatic carbocycles. The van der Waals surface area contributed by atoms with Crippen LogP contribution in [0.15, 0.2) is 54.6 Å². The van der Waals surface area contributed by atoms with Crippen molar-refractivity contribution in [2.24, 2.45) is 0 Å². The van der Waals surface area contributed by atoms with Crippen LogP contribution in [0.3, 0.4) is 0 Å². The molecule has 0 unspecified atom stereocenters. The molecule has 0 saturated heterocycles. The third-order valence-electron chi connectivity index (χ3n) is 7.18. The van der Waals surface area contributed by atoms with Gasteiger partial charge in [-0.15, -0.1) is 0 Å². The summed E-state index contributed by atoms with van der Waals surface area (Å²) in [5, 5.41) is 21.9. The molecule has 0 saturated carbocycles.